The van der Waals surface area contributed by atoms with E-state index in [0.29, 0.717) is 12.5 Å². The van der Waals surface area contributed by atoms with Crippen LogP contribution >= 0.6 is 0 Å². The third-order valence-corrected chi connectivity index (χ3v) is 3.50. The Kier molecular flexibility index (Phi) is 4.81. The van der Waals surface area contributed by atoms with Crippen molar-refractivity contribution in [3.8, 4) is 0 Å². The van der Waals surface area contributed by atoms with Gasteiger partial charge in [-0.25, -0.2) is 0 Å². The lowest BCUT2D eigenvalue weighted by molar-refractivity contribution is -0.132. The van der Waals surface area contributed by atoms with Crippen LogP contribution in [0, 0.1) is 0 Å². The molecule has 0 atom stereocenters. The number of amides is 1. The van der Waals surface area contributed by atoms with E-state index < -0.39 is 0 Å². The average molecular weight is 274 g/mol. The van der Waals surface area contributed by atoms with Crippen molar-refractivity contribution >= 4 is 5.91 Å². The Bertz CT molecular complexity index is 432. The van der Waals surface area contributed by atoms with E-state index in [1.807, 2.05) is 18.2 Å². The second kappa shape index (κ2) is 6.40. The number of nitrogens with zero attached hydrogens (tertiary/aromatic N) is 1. The van der Waals surface area contributed by atoms with Gasteiger partial charge in [0.15, 0.2) is 0 Å². The van der Waals surface area contributed by atoms with Crippen molar-refractivity contribution in [1.82, 2.24) is 10.2 Å². The Morgan fingerprint density at radius 1 is 1.25 bits per heavy atom. The number of hydrogen-bond acceptors (Lipinski definition) is 2. The summed E-state index contributed by atoms with van der Waals surface area (Å²) in [5.74, 6) is 0.271. The molecule has 1 amide bonds. The molecule has 20 heavy (non-hydrogen) atoms. The van der Waals surface area contributed by atoms with Gasteiger partial charge in [0.2, 0.25) is 5.91 Å². The molecule has 3 heteroatoms. The molecular weight excluding hydrogens is 248 g/mol. The number of carbonyl (C=O) groups excluding carboxylic acids is 1. The fourth-order valence-electron chi connectivity index (χ4n) is 2.28. The van der Waals surface area contributed by atoms with E-state index in [4.69, 9.17) is 0 Å². The molecule has 0 unspecified atom stereocenters. The first-order chi connectivity index (χ1) is 9.46. The largest absolute Gasteiger partial charge is 0.335 e. The second-order valence-electron chi connectivity index (χ2n) is 6.67. The lowest BCUT2D eigenvalue weighted by atomic mass is 10.1. The van der Waals surface area contributed by atoms with Crippen LogP contribution in [0.3, 0.4) is 0 Å². The van der Waals surface area contributed by atoms with Gasteiger partial charge in [0.25, 0.3) is 0 Å². The van der Waals surface area contributed by atoms with Crippen molar-refractivity contribution in [2.24, 2.45) is 0 Å². The lowest BCUT2D eigenvalue weighted by Gasteiger charge is -2.25. The van der Waals surface area contributed by atoms with Gasteiger partial charge >= 0.3 is 0 Å². The first-order valence-corrected chi connectivity index (χ1v) is 7.54. The third kappa shape index (κ3) is 4.97. The summed E-state index contributed by atoms with van der Waals surface area (Å²) >= 11 is 0. The number of nitrogens with one attached hydrogen (secondary N) is 1. The first-order valence-electron chi connectivity index (χ1n) is 7.54. The zero-order valence-corrected chi connectivity index (χ0v) is 12.9. The van der Waals surface area contributed by atoms with Gasteiger partial charge in [-0.2, -0.15) is 0 Å². The Labute approximate surface area is 122 Å². The van der Waals surface area contributed by atoms with Gasteiger partial charge in [0, 0.05) is 31.1 Å². The minimum atomic E-state index is 0.0735. The Morgan fingerprint density at radius 2 is 1.90 bits per heavy atom. The average Bonchev–Trinajstić information content (AvgIpc) is 3.19. The molecule has 1 fully saturated rings. The van der Waals surface area contributed by atoms with Gasteiger partial charge in [-0.1, -0.05) is 30.3 Å². The Morgan fingerprint density at radius 3 is 2.45 bits per heavy atom. The molecule has 110 valence electrons. The van der Waals surface area contributed by atoms with Crippen molar-refractivity contribution in [3.63, 3.8) is 0 Å². The van der Waals surface area contributed by atoms with Gasteiger partial charge in [-0.05, 0) is 39.2 Å². The van der Waals surface area contributed by atoms with E-state index in [1.54, 1.807) is 0 Å². The molecule has 1 aliphatic rings. The highest BCUT2D eigenvalue weighted by Crippen LogP contribution is 2.28. The van der Waals surface area contributed by atoms with Crippen LogP contribution in [0.2, 0.25) is 0 Å². The van der Waals surface area contributed by atoms with Crippen molar-refractivity contribution < 1.29 is 4.79 Å². The molecule has 1 saturated carbocycles. The van der Waals surface area contributed by atoms with Crippen LogP contribution in [0.15, 0.2) is 30.3 Å². The minimum absolute atomic E-state index is 0.0735. The van der Waals surface area contributed by atoms with Crippen LogP contribution in [-0.4, -0.2) is 28.9 Å². The predicted octanol–water partition coefficient (Wildman–Crippen LogP) is 2.96. The smallest absolute Gasteiger partial charge is 0.224 e. The fraction of sp³-hybridized carbons (Fsp3) is 0.588. The molecule has 0 spiro atoms. The summed E-state index contributed by atoms with van der Waals surface area (Å²) in [5, 5.41) is 3.38. The zero-order valence-electron chi connectivity index (χ0n) is 12.9. The molecule has 1 aromatic rings. The number of carbonyl (C=O) groups is 1. The summed E-state index contributed by atoms with van der Waals surface area (Å²) in [7, 11) is 0. The van der Waals surface area contributed by atoms with Crippen molar-refractivity contribution in [2.45, 2.75) is 58.2 Å². The highest BCUT2D eigenvalue weighted by atomic mass is 16.2. The molecule has 1 aliphatic carbocycles. The number of benzene rings is 1. The minimum Gasteiger partial charge on any atom is -0.335 e. The van der Waals surface area contributed by atoms with Crippen LogP contribution in [0.1, 0.15) is 45.6 Å². The molecule has 0 radical (unpaired) electrons. The maximum absolute atomic E-state index is 12.4. The Balaban J connectivity index is 1.87. The topological polar surface area (TPSA) is 32.3 Å². The van der Waals surface area contributed by atoms with Gasteiger partial charge in [-0.3, -0.25) is 4.79 Å². The molecular formula is C17H26N2O. The van der Waals surface area contributed by atoms with Crippen LogP contribution < -0.4 is 5.32 Å². The number of hydrogen-bond donors (Lipinski definition) is 1. The predicted molar refractivity (Wildman–Crippen MR) is 82.4 cm³/mol. The van der Waals surface area contributed by atoms with E-state index in [9.17, 15) is 4.79 Å². The summed E-state index contributed by atoms with van der Waals surface area (Å²) in [6.07, 6.45) is 2.90. The van der Waals surface area contributed by atoms with E-state index in [-0.39, 0.29) is 11.4 Å². The SMILES string of the molecule is CC(C)(C)NCCC(=O)N(Cc1ccccc1)C1CC1. The summed E-state index contributed by atoms with van der Waals surface area (Å²) < 4.78 is 0. The molecule has 0 bridgehead atoms. The standard InChI is InChI=1S/C17H26N2O/c1-17(2,3)18-12-11-16(20)19(15-9-10-15)13-14-7-5-4-6-8-14/h4-8,15,18H,9-13H2,1-3H3. The van der Waals surface area contributed by atoms with Gasteiger partial charge in [0.05, 0.1) is 0 Å². The molecule has 1 N–H and O–H groups in total. The van der Waals surface area contributed by atoms with Crippen molar-refractivity contribution in [1.29, 1.82) is 0 Å². The van der Waals surface area contributed by atoms with Gasteiger partial charge in [0.1, 0.15) is 0 Å². The zero-order chi connectivity index (χ0) is 14.6. The normalized spacial score (nSPS) is 15.2. The molecule has 1 aromatic carbocycles. The van der Waals surface area contributed by atoms with Crippen molar-refractivity contribution in [2.75, 3.05) is 6.54 Å². The summed E-state index contributed by atoms with van der Waals surface area (Å²) in [6.45, 7) is 7.88. The maximum atomic E-state index is 12.4. The van der Waals surface area contributed by atoms with Crippen LogP contribution in [0.5, 0.6) is 0 Å². The maximum Gasteiger partial charge on any atom is 0.224 e. The fourth-order valence-corrected chi connectivity index (χ4v) is 2.28. The highest BCUT2D eigenvalue weighted by Gasteiger charge is 2.32. The second-order valence-corrected chi connectivity index (χ2v) is 6.67. The van der Waals surface area contributed by atoms with E-state index >= 15 is 0 Å². The number of rotatable bonds is 6. The summed E-state index contributed by atoms with van der Waals surface area (Å²) in [5.41, 5.74) is 1.29. The van der Waals surface area contributed by atoms with Crippen LogP contribution in [0.4, 0.5) is 0 Å². The highest BCUT2D eigenvalue weighted by molar-refractivity contribution is 5.77. The van der Waals surface area contributed by atoms with Gasteiger partial charge < -0.3 is 10.2 Å². The molecule has 3 nitrogen and oxygen atoms in total. The molecule has 0 aliphatic heterocycles. The van der Waals surface area contributed by atoms with Crippen LogP contribution in [0.25, 0.3) is 0 Å². The molecule has 0 saturated heterocycles. The van der Waals surface area contributed by atoms with Gasteiger partial charge in [-0.15, -0.1) is 0 Å². The molecule has 0 aromatic heterocycles. The third-order valence-electron chi connectivity index (χ3n) is 3.50. The van der Waals surface area contributed by atoms with E-state index in [2.05, 4.69) is 43.1 Å². The van der Waals surface area contributed by atoms with E-state index in [1.165, 1.54) is 5.56 Å². The van der Waals surface area contributed by atoms with E-state index in [0.717, 1.165) is 25.9 Å². The molecule has 0 heterocycles. The van der Waals surface area contributed by atoms with Crippen LogP contribution in [-0.2, 0) is 11.3 Å². The summed E-state index contributed by atoms with van der Waals surface area (Å²) in [4.78, 5) is 14.5. The summed E-state index contributed by atoms with van der Waals surface area (Å²) in [6, 6.07) is 10.7. The first kappa shape index (κ1) is 15.0. The molecule has 2 rings (SSSR count). The lowest BCUT2D eigenvalue weighted by Crippen LogP contribution is -2.40. The monoisotopic (exact) mass is 274 g/mol. The van der Waals surface area contributed by atoms with Crippen molar-refractivity contribution in [3.05, 3.63) is 35.9 Å². The quantitative estimate of drug-likeness (QED) is 0.865. The Hall–Kier alpha value is -1.35.